The zero-order chi connectivity index (χ0) is 23.8. The van der Waals surface area contributed by atoms with E-state index in [1.54, 1.807) is 7.11 Å². The lowest BCUT2D eigenvalue weighted by molar-refractivity contribution is -0.120. The Hall–Kier alpha value is -2.50. The van der Waals surface area contributed by atoms with Gasteiger partial charge in [-0.05, 0) is 46.2 Å². The number of aldehydes is 1. The van der Waals surface area contributed by atoms with Crippen molar-refractivity contribution in [2.75, 3.05) is 18.6 Å². The number of nitrogens with zero attached hydrogens (tertiary/aromatic N) is 1. The zero-order valence-electron chi connectivity index (χ0n) is 19.3. The number of anilines is 1. The maximum Gasteiger partial charge on any atom is 0.240 e. The number of rotatable bonds is 5. The summed E-state index contributed by atoms with van der Waals surface area (Å²) >= 11 is 8.00. The first-order chi connectivity index (χ1) is 15.7. The summed E-state index contributed by atoms with van der Waals surface area (Å²) in [5.41, 5.74) is 2.79. The molecule has 2 unspecified atom stereocenters. The van der Waals surface area contributed by atoms with E-state index in [9.17, 15) is 9.59 Å². The van der Waals surface area contributed by atoms with E-state index >= 15 is 0 Å². The standard InChI is InChI=1S/C27H28ClNO3S/c1-27(2,3)16-29-22-11-9-17(28)15-21(22)25(33-24(13-14-30)26(29)31)20-10-12-23(32-4)19-8-6-5-7-18(19)20/h5-12,14-15,24-25H,13,16H2,1-4H3. The van der Waals surface area contributed by atoms with E-state index in [-0.39, 0.29) is 23.0 Å². The lowest BCUT2D eigenvalue weighted by Crippen LogP contribution is -2.42. The van der Waals surface area contributed by atoms with Crippen LogP contribution < -0.4 is 9.64 Å². The Bertz CT molecular complexity index is 1200. The van der Waals surface area contributed by atoms with Crippen LogP contribution in [0.3, 0.4) is 0 Å². The van der Waals surface area contributed by atoms with Gasteiger partial charge in [-0.15, -0.1) is 11.8 Å². The average molecular weight is 482 g/mol. The van der Waals surface area contributed by atoms with Crippen LogP contribution in [-0.4, -0.2) is 31.1 Å². The Balaban J connectivity index is 1.97. The van der Waals surface area contributed by atoms with Gasteiger partial charge in [0.2, 0.25) is 5.91 Å². The number of benzene rings is 3. The van der Waals surface area contributed by atoms with E-state index in [2.05, 4.69) is 32.9 Å². The van der Waals surface area contributed by atoms with Crippen LogP contribution in [0.5, 0.6) is 5.75 Å². The molecule has 0 bridgehead atoms. The van der Waals surface area contributed by atoms with Gasteiger partial charge in [-0.3, -0.25) is 4.79 Å². The number of methoxy groups -OCH3 is 1. The first kappa shape index (κ1) is 23.7. The highest BCUT2D eigenvalue weighted by Gasteiger charge is 2.38. The summed E-state index contributed by atoms with van der Waals surface area (Å²) in [6.07, 6.45) is 1.01. The Morgan fingerprint density at radius 1 is 1.06 bits per heavy atom. The number of hydrogen-bond acceptors (Lipinski definition) is 4. The van der Waals surface area contributed by atoms with Gasteiger partial charge in [-0.1, -0.05) is 62.7 Å². The summed E-state index contributed by atoms with van der Waals surface area (Å²) in [6.45, 7) is 6.87. The minimum absolute atomic E-state index is 0.0362. The summed E-state index contributed by atoms with van der Waals surface area (Å²) in [5.74, 6) is 0.764. The molecule has 4 nitrogen and oxygen atoms in total. The minimum Gasteiger partial charge on any atom is -0.496 e. The average Bonchev–Trinajstić information content (AvgIpc) is 2.88. The van der Waals surface area contributed by atoms with Gasteiger partial charge in [0.15, 0.2) is 0 Å². The van der Waals surface area contributed by atoms with Gasteiger partial charge in [0.05, 0.1) is 17.6 Å². The van der Waals surface area contributed by atoms with E-state index in [1.807, 2.05) is 47.4 Å². The highest BCUT2D eigenvalue weighted by molar-refractivity contribution is 8.01. The third kappa shape index (κ3) is 4.75. The molecule has 172 valence electrons. The largest absolute Gasteiger partial charge is 0.496 e. The first-order valence-electron chi connectivity index (χ1n) is 11.0. The minimum atomic E-state index is -0.484. The first-order valence-corrected chi connectivity index (χ1v) is 12.3. The molecule has 1 aliphatic rings. The molecule has 1 aliphatic heterocycles. The lowest BCUT2D eigenvalue weighted by Gasteiger charge is -2.31. The van der Waals surface area contributed by atoms with E-state index in [1.165, 1.54) is 11.8 Å². The van der Waals surface area contributed by atoms with Crippen LogP contribution in [0.4, 0.5) is 5.69 Å². The Kier molecular flexibility index (Phi) is 6.73. The third-order valence-electron chi connectivity index (χ3n) is 5.77. The molecule has 3 aromatic carbocycles. The number of amides is 1. The predicted molar refractivity (Wildman–Crippen MR) is 138 cm³/mol. The molecule has 33 heavy (non-hydrogen) atoms. The fourth-order valence-electron chi connectivity index (χ4n) is 4.39. The number of thioether (sulfide) groups is 1. The van der Waals surface area contributed by atoms with E-state index in [4.69, 9.17) is 16.3 Å². The Morgan fingerprint density at radius 3 is 2.45 bits per heavy atom. The molecular formula is C27H28ClNO3S. The van der Waals surface area contributed by atoms with Crippen molar-refractivity contribution < 1.29 is 14.3 Å². The second-order valence-corrected chi connectivity index (χ2v) is 11.2. The molecule has 0 saturated heterocycles. The second-order valence-electron chi connectivity index (χ2n) is 9.50. The lowest BCUT2D eigenvalue weighted by atomic mass is 9.93. The van der Waals surface area contributed by atoms with Crippen LogP contribution in [0.1, 0.15) is 43.6 Å². The van der Waals surface area contributed by atoms with E-state index in [0.717, 1.165) is 39.6 Å². The van der Waals surface area contributed by atoms with Gasteiger partial charge in [-0.25, -0.2) is 0 Å². The molecule has 0 aromatic heterocycles. The zero-order valence-corrected chi connectivity index (χ0v) is 20.9. The number of carbonyl (C=O) groups excluding carboxylic acids is 2. The third-order valence-corrected chi connectivity index (χ3v) is 7.51. The quantitative estimate of drug-likeness (QED) is 0.381. The van der Waals surface area contributed by atoms with Crippen LogP contribution in [0, 0.1) is 5.41 Å². The van der Waals surface area contributed by atoms with Gasteiger partial charge in [-0.2, -0.15) is 0 Å². The molecule has 0 aliphatic carbocycles. The number of halogens is 1. The number of fused-ring (bicyclic) bond motifs is 2. The Labute approximate surface area is 204 Å². The summed E-state index contributed by atoms with van der Waals surface area (Å²) in [6, 6.07) is 17.9. The molecule has 0 saturated carbocycles. The van der Waals surface area contributed by atoms with Crippen molar-refractivity contribution in [2.24, 2.45) is 5.41 Å². The molecule has 0 radical (unpaired) electrons. The number of hydrogen-bond donors (Lipinski definition) is 0. The molecular weight excluding hydrogens is 454 g/mol. The Morgan fingerprint density at radius 2 is 1.79 bits per heavy atom. The summed E-state index contributed by atoms with van der Waals surface area (Å²) < 4.78 is 5.60. The monoisotopic (exact) mass is 481 g/mol. The topological polar surface area (TPSA) is 46.6 Å². The normalized spacial score (nSPS) is 18.7. The van der Waals surface area contributed by atoms with Gasteiger partial charge < -0.3 is 14.4 Å². The van der Waals surface area contributed by atoms with E-state index < -0.39 is 5.25 Å². The molecule has 4 rings (SSSR count). The van der Waals surface area contributed by atoms with Crippen molar-refractivity contribution in [3.63, 3.8) is 0 Å². The van der Waals surface area contributed by atoms with E-state index in [0.29, 0.717) is 11.6 Å². The van der Waals surface area contributed by atoms with Crippen molar-refractivity contribution >= 4 is 52.0 Å². The molecule has 0 N–H and O–H groups in total. The van der Waals surface area contributed by atoms with Crippen LogP contribution in [0.15, 0.2) is 54.6 Å². The van der Waals surface area contributed by atoms with Gasteiger partial charge in [0, 0.05) is 29.1 Å². The summed E-state index contributed by atoms with van der Waals surface area (Å²) in [4.78, 5) is 27.1. The fourth-order valence-corrected chi connectivity index (χ4v) is 6.02. The van der Waals surface area contributed by atoms with Gasteiger partial charge in [0.1, 0.15) is 12.0 Å². The fraction of sp³-hybridized carbons (Fsp3) is 0.333. The molecule has 6 heteroatoms. The maximum atomic E-state index is 13.7. The number of ether oxygens (including phenoxy) is 1. The van der Waals surface area contributed by atoms with Crippen molar-refractivity contribution in [3.05, 3.63) is 70.7 Å². The highest BCUT2D eigenvalue weighted by atomic mass is 35.5. The highest BCUT2D eigenvalue weighted by Crippen LogP contribution is 2.50. The maximum absolute atomic E-state index is 13.7. The molecule has 0 spiro atoms. The second kappa shape index (κ2) is 9.40. The summed E-state index contributed by atoms with van der Waals surface area (Å²) in [7, 11) is 1.67. The van der Waals surface area contributed by atoms with Crippen LogP contribution >= 0.6 is 23.4 Å². The van der Waals surface area contributed by atoms with Crippen LogP contribution in [-0.2, 0) is 9.59 Å². The molecule has 3 aromatic rings. The SMILES string of the molecule is COc1ccc(C2SC(CC=O)C(=O)N(CC(C)(C)C)c3ccc(Cl)cc32)c2ccccc12. The molecule has 1 amide bonds. The number of carbonyl (C=O) groups is 2. The molecule has 2 atom stereocenters. The van der Waals surface area contributed by atoms with Crippen LogP contribution in [0.25, 0.3) is 10.8 Å². The predicted octanol–water partition coefficient (Wildman–Crippen LogP) is 6.67. The van der Waals surface area contributed by atoms with Gasteiger partial charge in [0.25, 0.3) is 0 Å². The van der Waals surface area contributed by atoms with Gasteiger partial charge >= 0.3 is 0 Å². The van der Waals surface area contributed by atoms with Crippen molar-refractivity contribution in [1.82, 2.24) is 0 Å². The smallest absolute Gasteiger partial charge is 0.240 e. The van der Waals surface area contributed by atoms with Crippen LogP contribution in [0.2, 0.25) is 5.02 Å². The van der Waals surface area contributed by atoms with Crippen molar-refractivity contribution in [3.8, 4) is 5.75 Å². The van der Waals surface area contributed by atoms with Crippen molar-refractivity contribution in [2.45, 2.75) is 37.7 Å². The molecule has 0 fully saturated rings. The molecule has 1 heterocycles. The summed E-state index contributed by atoms with van der Waals surface area (Å²) in [5, 5.41) is 2.03. The van der Waals surface area contributed by atoms with Crippen molar-refractivity contribution in [1.29, 1.82) is 0 Å².